The van der Waals surface area contributed by atoms with Crippen molar-refractivity contribution >= 4 is 17.6 Å². The van der Waals surface area contributed by atoms with Crippen LogP contribution in [0.25, 0.3) is 0 Å². The summed E-state index contributed by atoms with van der Waals surface area (Å²) in [4.78, 5) is 22.4. The number of hydrogen-bond acceptors (Lipinski definition) is 3. The number of carboxylic acid groups (broad SMARTS) is 1. The van der Waals surface area contributed by atoms with Crippen LogP contribution in [0.1, 0.15) is 12.8 Å². The van der Waals surface area contributed by atoms with Gasteiger partial charge in [-0.3, -0.25) is 4.79 Å². The first kappa shape index (κ1) is 17.0. The Hall–Kier alpha value is -2.09. The van der Waals surface area contributed by atoms with Crippen molar-refractivity contribution in [2.24, 2.45) is 5.73 Å². The fourth-order valence-electron chi connectivity index (χ4n) is 1.77. The summed E-state index contributed by atoms with van der Waals surface area (Å²) in [5.41, 5.74) is 6.67. The highest BCUT2D eigenvalue weighted by Gasteiger charge is 2.38. The van der Waals surface area contributed by atoms with Gasteiger partial charge in [0, 0.05) is 12.2 Å². The summed E-state index contributed by atoms with van der Waals surface area (Å²) in [7, 11) is 0. The molecule has 116 valence electrons. The smallest absolute Gasteiger partial charge is 0.475 e. The minimum Gasteiger partial charge on any atom is -0.475 e. The zero-order chi connectivity index (χ0) is 16.0. The fourth-order valence-corrected chi connectivity index (χ4v) is 1.77. The van der Waals surface area contributed by atoms with E-state index in [-0.39, 0.29) is 11.9 Å². The van der Waals surface area contributed by atoms with Gasteiger partial charge in [-0.2, -0.15) is 13.2 Å². The van der Waals surface area contributed by atoms with Crippen LogP contribution in [-0.2, 0) is 9.59 Å². The van der Waals surface area contributed by atoms with Crippen molar-refractivity contribution in [2.75, 3.05) is 11.4 Å². The predicted octanol–water partition coefficient (Wildman–Crippen LogP) is 1.77. The van der Waals surface area contributed by atoms with Gasteiger partial charge < -0.3 is 15.7 Å². The van der Waals surface area contributed by atoms with Gasteiger partial charge in [0.05, 0.1) is 6.04 Å². The van der Waals surface area contributed by atoms with E-state index in [1.165, 1.54) is 0 Å². The van der Waals surface area contributed by atoms with Gasteiger partial charge in [0.15, 0.2) is 0 Å². The molecule has 21 heavy (non-hydrogen) atoms. The van der Waals surface area contributed by atoms with E-state index in [2.05, 4.69) is 0 Å². The van der Waals surface area contributed by atoms with Crippen LogP contribution >= 0.6 is 0 Å². The largest absolute Gasteiger partial charge is 0.490 e. The van der Waals surface area contributed by atoms with Crippen molar-refractivity contribution in [3.05, 3.63) is 30.3 Å². The highest BCUT2D eigenvalue weighted by atomic mass is 19.4. The number of carboxylic acids is 1. The number of carbonyl (C=O) groups excluding carboxylic acids is 1. The first-order chi connectivity index (χ1) is 9.73. The molecule has 0 aliphatic carbocycles. The molecular weight excluding hydrogens is 289 g/mol. The summed E-state index contributed by atoms with van der Waals surface area (Å²) in [5.74, 6) is -2.71. The normalized spacial score (nSPS) is 18.8. The van der Waals surface area contributed by atoms with Crippen LogP contribution in [0.15, 0.2) is 30.3 Å². The molecule has 2 rings (SSSR count). The average Bonchev–Trinajstić information content (AvgIpc) is 2.42. The number of alkyl halides is 3. The molecule has 1 unspecified atom stereocenters. The number of nitrogens with two attached hydrogens (primary N) is 1. The number of nitrogens with zero attached hydrogens (tertiary/aromatic N) is 1. The van der Waals surface area contributed by atoms with Gasteiger partial charge in [-0.1, -0.05) is 18.2 Å². The standard InChI is InChI=1S/C11H14N2O.C2HF3O2/c12-10-7-4-8-13(11(10)14)9-5-2-1-3-6-9;3-2(4,5)1(6)7/h1-3,5-6,10H,4,7-8,12H2;(H,6,7). The number of rotatable bonds is 1. The molecule has 1 aromatic carbocycles. The molecule has 1 aromatic rings. The lowest BCUT2D eigenvalue weighted by molar-refractivity contribution is -0.192. The first-order valence-electron chi connectivity index (χ1n) is 6.15. The molecule has 1 saturated heterocycles. The van der Waals surface area contributed by atoms with E-state index in [9.17, 15) is 18.0 Å². The molecule has 5 nitrogen and oxygen atoms in total. The molecule has 8 heteroatoms. The first-order valence-corrected chi connectivity index (χ1v) is 6.15. The zero-order valence-corrected chi connectivity index (χ0v) is 11.0. The second-order valence-corrected chi connectivity index (χ2v) is 4.38. The molecule has 0 aromatic heterocycles. The monoisotopic (exact) mass is 304 g/mol. The van der Waals surface area contributed by atoms with E-state index in [0.717, 1.165) is 25.1 Å². The Labute approximate surface area is 119 Å². The van der Waals surface area contributed by atoms with E-state index >= 15 is 0 Å². The van der Waals surface area contributed by atoms with Crippen LogP contribution in [-0.4, -0.2) is 35.7 Å². The highest BCUT2D eigenvalue weighted by Crippen LogP contribution is 2.19. The lowest BCUT2D eigenvalue weighted by Crippen LogP contribution is -2.48. The van der Waals surface area contributed by atoms with Crippen LogP contribution in [0.2, 0.25) is 0 Å². The molecular formula is C13H15F3N2O3. The molecule has 1 amide bonds. The van der Waals surface area contributed by atoms with Crippen LogP contribution in [0, 0.1) is 0 Å². The highest BCUT2D eigenvalue weighted by molar-refractivity contribution is 5.97. The van der Waals surface area contributed by atoms with Crippen molar-refractivity contribution in [2.45, 2.75) is 25.1 Å². The maximum Gasteiger partial charge on any atom is 0.490 e. The number of amides is 1. The average molecular weight is 304 g/mol. The fraction of sp³-hybridized carbons (Fsp3) is 0.385. The molecule has 0 radical (unpaired) electrons. The van der Waals surface area contributed by atoms with Crippen LogP contribution in [0.3, 0.4) is 0 Å². The Morgan fingerprint density at radius 3 is 2.29 bits per heavy atom. The lowest BCUT2D eigenvalue weighted by Gasteiger charge is -2.30. The minimum atomic E-state index is -5.08. The van der Waals surface area contributed by atoms with Crippen LogP contribution < -0.4 is 10.6 Å². The summed E-state index contributed by atoms with van der Waals surface area (Å²) in [6.07, 6.45) is -3.29. The Morgan fingerprint density at radius 2 is 1.81 bits per heavy atom. The van der Waals surface area contributed by atoms with Crippen molar-refractivity contribution in [1.29, 1.82) is 0 Å². The SMILES string of the molecule is NC1CCCN(c2ccccc2)C1=O.O=C(O)C(F)(F)F. The van der Waals surface area contributed by atoms with E-state index in [0.29, 0.717) is 0 Å². The maximum absolute atomic E-state index is 11.7. The van der Waals surface area contributed by atoms with Crippen molar-refractivity contribution in [3.63, 3.8) is 0 Å². The molecule has 1 fully saturated rings. The quantitative estimate of drug-likeness (QED) is 0.828. The Balaban J connectivity index is 0.000000270. The topological polar surface area (TPSA) is 83.6 Å². The summed E-state index contributed by atoms with van der Waals surface area (Å²) in [6.45, 7) is 0.788. The summed E-state index contributed by atoms with van der Waals surface area (Å²) < 4.78 is 31.7. The van der Waals surface area contributed by atoms with E-state index in [4.69, 9.17) is 15.6 Å². The van der Waals surface area contributed by atoms with Gasteiger partial charge in [0.2, 0.25) is 5.91 Å². The van der Waals surface area contributed by atoms with Crippen molar-refractivity contribution < 1.29 is 27.9 Å². The van der Waals surface area contributed by atoms with Gasteiger partial charge in [0.25, 0.3) is 0 Å². The second-order valence-electron chi connectivity index (χ2n) is 4.38. The maximum atomic E-state index is 11.7. The molecule has 1 heterocycles. The molecule has 0 bridgehead atoms. The van der Waals surface area contributed by atoms with Gasteiger partial charge in [-0.05, 0) is 25.0 Å². The molecule has 0 spiro atoms. The summed E-state index contributed by atoms with van der Waals surface area (Å²) >= 11 is 0. The number of anilines is 1. The second kappa shape index (κ2) is 7.07. The van der Waals surface area contributed by atoms with Crippen molar-refractivity contribution in [1.82, 2.24) is 0 Å². The van der Waals surface area contributed by atoms with Crippen LogP contribution in [0.5, 0.6) is 0 Å². The summed E-state index contributed by atoms with van der Waals surface area (Å²) in [5, 5.41) is 7.12. The summed E-state index contributed by atoms with van der Waals surface area (Å²) in [6, 6.07) is 9.37. The Bertz CT molecular complexity index is 491. The molecule has 3 N–H and O–H groups in total. The van der Waals surface area contributed by atoms with Gasteiger partial charge >= 0.3 is 12.1 Å². The van der Waals surface area contributed by atoms with Crippen LogP contribution in [0.4, 0.5) is 18.9 Å². The third kappa shape index (κ3) is 5.07. The number of benzene rings is 1. The number of halogens is 3. The van der Waals surface area contributed by atoms with E-state index in [1.807, 2.05) is 30.3 Å². The third-order valence-corrected chi connectivity index (χ3v) is 2.79. The number of piperidine rings is 1. The van der Waals surface area contributed by atoms with Gasteiger partial charge in [-0.15, -0.1) is 0 Å². The number of aliphatic carboxylic acids is 1. The lowest BCUT2D eigenvalue weighted by atomic mass is 10.1. The van der Waals surface area contributed by atoms with E-state index in [1.54, 1.807) is 4.90 Å². The number of para-hydroxylation sites is 1. The molecule has 1 atom stereocenters. The van der Waals surface area contributed by atoms with Crippen molar-refractivity contribution in [3.8, 4) is 0 Å². The third-order valence-electron chi connectivity index (χ3n) is 2.79. The minimum absolute atomic E-state index is 0.0439. The van der Waals surface area contributed by atoms with Gasteiger partial charge in [-0.25, -0.2) is 4.79 Å². The Kier molecular flexibility index (Phi) is 5.71. The molecule has 1 aliphatic heterocycles. The number of hydrogen-bond donors (Lipinski definition) is 2. The predicted molar refractivity (Wildman–Crippen MR) is 69.7 cm³/mol. The Morgan fingerprint density at radius 1 is 1.29 bits per heavy atom. The zero-order valence-electron chi connectivity index (χ0n) is 11.0. The van der Waals surface area contributed by atoms with E-state index < -0.39 is 12.1 Å². The molecule has 0 saturated carbocycles. The van der Waals surface area contributed by atoms with Gasteiger partial charge in [0.1, 0.15) is 0 Å². The molecule has 1 aliphatic rings. The number of carbonyl (C=O) groups is 2.